The van der Waals surface area contributed by atoms with Crippen molar-refractivity contribution in [1.29, 1.82) is 0 Å². The number of anilines is 4. The molecule has 2 fully saturated rings. The summed E-state index contributed by atoms with van der Waals surface area (Å²) in [7, 11) is 0. The molecule has 0 spiro atoms. The molecular formula is C42H54N6O2. The first kappa shape index (κ1) is 34.4. The highest BCUT2D eigenvalue weighted by atomic mass is 16.3. The second kappa shape index (κ2) is 15.0. The number of nitrogens with two attached hydrogens (primary N) is 2. The van der Waals surface area contributed by atoms with E-state index < -0.39 is 0 Å². The van der Waals surface area contributed by atoms with Crippen LogP contribution in [0.2, 0.25) is 0 Å². The molecule has 6 N–H and O–H groups in total. The Hall–Kier alpha value is -4.08. The van der Waals surface area contributed by atoms with E-state index in [0.29, 0.717) is 0 Å². The number of piperazine rings is 2. The molecule has 2 saturated heterocycles. The van der Waals surface area contributed by atoms with Gasteiger partial charge in [0, 0.05) is 77.3 Å². The molecule has 0 amide bonds. The van der Waals surface area contributed by atoms with Crippen molar-refractivity contribution < 1.29 is 10.2 Å². The molecule has 4 aromatic carbocycles. The molecule has 2 heterocycles. The molecule has 4 atom stereocenters. The number of nitrogen functional groups attached to an aromatic ring is 2. The Kier molecular flexibility index (Phi) is 10.3. The highest BCUT2D eigenvalue weighted by Gasteiger charge is 2.35. The summed E-state index contributed by atoms with van der Waals surface area (Å²) >= 11 is 0. The number of aryl methyl sites for hydroxylation is 2. The van der Waals surface area contributed by atoms with Gasteiger partial charge in [-0.2, -0.15) is 0 Å². The van der Waals surface area contributed by atoms with Crippen LogP contribution in [0.15, 0.2) is 84.9 Å². The van der Waals surface area contributed by atoms with Crippen molar-refractivity contribution in [1.82, 2.24) is 9.80 Å². The number of para-hydroxylation sites is 4. The zero-order chi connectivity index (χ0) is 34.8. The van der Waals surface area contributed by atoms with E-state index in [4.69, 9.17) is 11.5 Å². The van der Waals surface area contributed by atoms with Crippen LogP contribution in [0.25, 0.3) is 0 Å². The molecule has 8 nitrogen and oxygen atoms in total. The molecule has 8 rings (SSSR count). The largest absolute Gasteiger partial charge is 0.397 e. The van der Waals surface area contributed by atoms with Crippen molar-refractivity contribution in [3.63, 3.8) is 0 Å². The average molecular weight is 675 g/mol. The van der Waals surface area contributed by atoms with Crippen molar-refractivity contribution in [2.75, 3.05) is 73.6 Å². The quantitative estimate of drug-likeness (QED) is 0.236. The van der Waals surface area contributed by atoms with Gasteiger partial charge in [0.25, 0.3) is 0 Å². The Morgan fingerprint density at radius 2 is 0.860 bits per heavy atom. The van der Waals surface area contributed by atoms with Gasteiger partial charge in [-0.15, -0.1) is 0 Å². The van der Waals surface area contributed by atoms with Gasteiger partial charge in [0.15, 0.2) is 0 Å². The summed E-state index contributed by atoms with van der Waals surface area (Å²) < 4.78 is 0. The van der Waals surface area contributed by atoms with Crippen LogP contribution in [0, 0.1) is 13.8 Å². The summed E-state index contributed by atoms with van der Waals surface area (Å²) in [5.74, 6) is 0. The molecule has 2 aliphatic carbocycles. The minimum absolute atomic E-state index is 0.226. The Bertz CT molecular complexity index is 1630. The van der Waals surface area contributed by atoms with E-state index in [1.165, 1.54) is 33.4 Å². The third-order valence-electron chi connectivity index (χ3n) is 11.7. The number of rotatable bonds is 4. The minimum Gasteiger partial charge on any atom is -0.397 e. The first-order valence-electron chi connectivity index (χ1n) is 18.4. The Balaban J connectivity index is 0.000000157. The fourth-order valence-electron chi connectivity index (χ4n) is 8.79. The molecule has 0 radical (unpaired) electrons. The Labute approximate surface area is 297 Å². The van der Waals surface area contributed by atoms with Gasteiger partial charge in [-0.3, -0.25) is 9.80 Å². The van der Waals surface area contributed by atoms with Crippen molar-refractivity contribution in [3.05, 3.63) is 118 Å². The second-order valence-electron chi connectivity index (χ2n) is 14.7. The summed E-state index contributed by atoms with van der Waals surface area (Å²) in [6.45, 7) is 12.0. The molecule has 2 aliphatic heterocycles. The van der Waals surface area contributed by atoms with Crippen LogP contribution in [-0.4, -0.2) is 96.7 Å². The van der Waals surface area contributed by atoms with Gasteiger partial charge >= 0.3 is 0 Å². The summed E-state index contributed by atoms with van der Waals surface area (Å²) in [5, 5.41) is 21.5. The van der Waals surface area contributed by atoms with Crippen LogP contribution < -0.4 is 21.3 Å². The highest BCUT2D eigenvalue weighted by Crippen LogP contribution is 2.31. The molecular weight excluding hydrogens is 621 g/mol. The van der Waals surface area contributed by atoms with Crippen molar-refractivity contribution >= 4 is 22.7 Å². The summed E-state index contributed by atoms with van der Waals surface area (Å²) in [6, 6.07) is 29.6. The van der Waals surface area contributed by atoms with Crippen LogP contribution in [0.3, 0.4) is 0 Å². The number of aliphatic hydroxyl groups is 2. The maximum Gasteiger partial charge on any atom is 0.0739 e. The summed E-state index contributed by atoms with van der Waals surface area (Å²) in [5.41, 5.74) is 24.3. The van der Waals surface area contributed by atoms with Crippen LogP contribution in [-0.2, 0) is 25.7 Å². The van der Waals surface area contributed by atoms with E-state index in [0.717, 1.165) is 101 Å². The third-order valence-corrected chi connectivity index (χ3v) is 11.7. The molecule has 4 aliphatic rings. The molecule has 50 heavy (non-hydrogen) atoms. The predicted octanol–water partition coefficient (Wildman–Crippen LogP) is 4.46. The molecule has 264 valence electrons. The van der Waals surface area contributed by atoms with E-state index in [9.17, 15) is 10.2 Å². The number of hydrogen-bond donors (Lipinski definition) is 4. The molecule has 0 saturated carbocycles. The fraction of sp³-hybridized carbons (Fsp3) is 0.429. The lowest BCUT2D eigenvalue weighted by atomic mass is 9.83. The predicted molar refractivity (Wildman–Crippen MR) is 206 cm³/mol. The number of fused-ring (bicyclic) bond motifs is 2. The number of nitrogens with zero attached hydrogens (tertiary/aromatic N) is 4. The van der Waals surface area contributed by atoms with Gasteiger partial charge in [0.05, 0.1) is 35.0 Å². The van der Waals surface area contributed by atoms with Crippen LogP contribution in [0.4, 0.5) is 22.7 Å². The van der Waals surface area contributed by atoms with Crippen molar-refractivity contribution in [2.24, 2.45) is 0 Å². The highest BCUT2D eigenvalue weighted by molar-refractivity contribution is 5.68. The van der Waals surface area contributed by atoms with Crippen LogP contribution >= 0.6 is 0 Å². The molecule has 8 heteroatoms. The lowest BCUT2D eigenvalue weighted by Crippen LogP contribution is -2.56. The lowest BCUT2D eigenvalue weighted by molar-refractivity contribution is 0.0393. The average Bonchev–Trinajstić information content (AvgIpc) is 3.13. The van der Waals surface area contributed by atoms with E-state index in [-0.39, 0.29) is 24.3 Å². The maximum atomic E-state index is 10.7. The molecule has 0 aromatic heterocycles. The van der Waals surface area contributed by atoms with Gasteiger partial charge in [0.1, 0.15) is 0 Å². The topological polar surface area (TPSA) is 105 Å². The second-order valence-corrected chi connectivity index (χ2v) is 14.7. The SMILES string of the molecule is Cc1cccc2c1C[C@@H](O)[C@H](N1CCN(c3ccccc3N)CC1)C2.Cc1cccc2c1C[C@H](O)[C@@H](N1CCN(c3ccccc3N)CC1)C2. The van der Waals surface area contributed by atoms with Gasteiger partial charge in [-0.25, -0.2) is 0 Å². The van der Waals surface area contributed by atoms with Gasteiger partial charge in [-0.05, 0) is 84.3 Å². The first-order valence-corrected chi connectivity index (χ1v) is 18.4. The maximum absolute atomic E-state index is 10.7. The van der Waals surface area contributed by atoms with Crippen molar-refractivity contribution in [3.8, 4) is 0 Å². The van der Waals surface area contributed by atoms with E-state index in [2.05, 4.69) is 82.0 Å². The standard InChI is InChI=1S/2C21H27N3O/c2*1-15-5-4-6-16-13-20(21(25)14-17(15)16)24-11-9-23(10-12-24)19-8-3-2-7-18(19)22/h2*2-8,20-21,25H,9-14,22H2,1H3/t2*20-,21-/m10/s1. The van der Waals surface area contributed by atoms with E-state index in [1.54, 1.807) is 0 Å². The number of benzene rings is 4. The zero-order valence-corrected chi connectivity index (χ0v) is 29.7. The molecule has 4 aromatic rings. The minimum atomic E-state index is -0.276. The van der Waals surface area contributed by atoms with E-state index in [1.807, 2.05) is 36.4 Å². The lowest BCUT2D eigenvalue weighted by Gasteiger charge is -2.44. The normalized spacial score (nSPS) is 24.2. The number of aliphatic hydroxyl groups excluding tert-OH is 2. The first-order chi connectivity index (χ1) is 24.3. The monoisotopic (exact) mass is 674 g/mol. The zero-order valence-electron chi connectivity index (χ0n) is 29.7. The molecule has 0 unspecified atom stereocenters. The van der Waals surface area contributed by atoms with Gasteiger partial charge in [-0.1, -0.05) is 60.7 Å². The van der Waals surface area contributed by atoms with Crippen LogP contribution in [0.1, 0.15) is 33.4 Å². The summed E-state index contributed by atoms with van der Waals surface area (Å²) in [4.78, 5) is 9.65. The fourth-order valence-corrected chi connectivity index (χ4v) is 8.79. The van der Waals surface area contributed by atoms with Crippen molar-refractivity contribution in [2.45, 2.75) is 63.8 Å². The Morgan fingerprint density at radius 1 is 0.480 bits per heavy atom. The molecule has 0 bridgehead atoms. The van der Waals surface area contributed by atoms with E-state index >= 15 is 0 Å². The number of hydrogen-bond acceptors (Lipinski definition) is 8. The van der Waals surface area contributed by atoms with Crippen LogP contribution in [0.5, 0.6) is 0 Å². The van der Waals surface area contributed by atoms with Gasteiger partial charge in [0.2, 0.25) is 0 Å². The summed E-state index contributed by atoms with van der Waals surface area (Å²) in [6.07, 6.45) is 2.90. The third kappa shape index (κ3) is 7.21. The smallest absolute Gasteiger partial charge is 0.0739 e. The Morgan fingerprint density at radius 3 is 1.24 bits per heavy atom. The van der Waals surface area contributed by atoms with Gasteiger partial charge < -0.3 is 31.5 Å².